The van der Waals surface area contributed by atoms with Gasteiger partial charge in [-0.2, -0.15) is 0 Å². The van der Waals surface area contributed by atoms with E-state index in [1.165, 1.54) is 0 Å². The second-order valence-electron chi connectivity index (χ2n) is 5.76. The molecule has 2 aromatic carbocycles. The Morgan fingerprint density at radius 1 is 0.818 bits per heavy atom. The Balaban J connectivity index is 2.03. The summed E-state index contributed by atoms with van der Waals surface area (Å²) in [5.41, 5.74) is 1.75. The number of rotatable bonds is 3. The number of Topliss-reactive ketones (excluding diaryl/α,β-unsaturated/α-hetero) is 1. The minimum Gasteiger partial charge on any atom is -0.300 e. The SMILES string of the molecule is O=C1C[C@@H](c2ccccc2)C([N+](=O)[O-])[C@H](c2ccccc2)C1. The largest absolute Gasteiger partial charge is 0.300 e. The van der Waals surface area contributed by atoms with Gasteiger partial charge in [0.05, 0.1) is 11.8 Å². The molecule has 0 unspecified atom stereocenters. The first kappa shape index (κ1) is 14.4. The molecule has 1 fully saturated rings. The summed E-state index contributed by atoms with van der Waals surface area (Å²) in [6.45, 7) is 0. The van der Waals surface area contributed by atoms with Gasteiger partial charge < -0.3 is 0 Å². The Morgan fingerprint density at radius 3 is 1.59 bits per heavy atom. The maximum absolute atomic E-state index is 12.2. The number of carbonyl (C=O) groups excluding carboxylic acids is 1. The van der Waals surface area contributed by atoms with Gasteiger partial charge in [-0.05, 0) is 11.1 Å². The van der Waals surface area contributed by atoms with Crippen LogP contribution in [0, 0.1) is 10.1 Å². The highest BCUT2D eigenvalue weighted by molar-refractivity contribution is 5.81. The summed E-state index contributed by atoms with van der Waals surface area (Å²) in [5, 5.41) is 11.7. The van der Waals surface area contributed by atoms with Gasteiger partial charge in [-0.3, -0.25) is 14.9 Å². The number of hydrogen-bond acceptors (Lipinski definition) is 3. The third kappa shape index (κ3) is 2.77. The summed E-state index contributed by atoms with van der Waals surface area (Å²) in [4.78, 5) is 23.7. The van der Waals surface area contributed by atoms with Gasteiger partial charge >= 0.3 is 0 Å². The van der Waals surface area contributed by atoms with Crippen molar-refractivity contribution in [2.45, 2.75) is 30.7 Å². The van der Waals surface area contributed by atoms with E-state index in [0.717, 1.165) is 11.1 Å². The number of nitrogens with zero attached hydrogens (tertiary/aromatic N) is 1. The van der Waals surface area contributed by atoms with E-state index in [1.54, 1.807) is 0 Å². The van der Waals surface area contributed by atoms with Crippen molar-refractivity contribution in [2.24, 2.45) is 0 Å². The normalized spacial score (nSPS) is 22.5. The Bertz CT molecular complexity index is 618. The zero-order valence-corrected chi connectivity index (χ0v) is 12.1. The lowest BCUT2D eigenvalue weighted by Crippen LogP contribution is -2.40. The summed E-state index contributed by atoms with van der Waals surface area (Å²) in [5.74, 6) is -0.619. The van der Waals surface area contributed by atoms with Crippen LogP contribution < -0.4 is 0 Å². The molecule has 4 heteroatoms. The molecule has 1 aliphatic rings. The van der Waals surface area contributed by atoms with Crippen LogP contribution in [0.5, 0.6) is 0 Å². The zero-order valence-electron chi connectivity index (χ0n) is 12.1. The topological polar surface area (TPSA) is 60.2 Å². The Hall–Kier alpha value is -2.49. The monoisotopic (exact) mass is 295 g/mol. The quantitative estimate of drug-likeness (QED) is 0.642. The average molecular weight is 295 g/mol. The van der Waals surface area contributed by atoms with E-state index in [4.69, 9.17) is 0 Å². The van der Waals surface area contributed by atoms with Gasteiger partial charge in [0, 0.05) is 17.8 Å². The van der Waals surface area contributed by atoms with Crippen LogP contribution in [-0.4, -0.2) is 16.7 Å². The van der Waals surface area contributed by atoms with Gasteiger partial charge in [-0.15, -0.1) is 0 Å². The first-order chi connectivity index (χ1) is 10.7. The standard InChI is InChI=1S/C18H17NO3/c20-15-11-16(13-7-3-1-4-8-13)18(19(21)22)17(12-15)14-9-5-2-6-10-14/h1-10,16-18H,11-12H2/t16-,17-/m0/s1. The molecule has 1 aliphatic carbocycles. The first-order valence-corrected chi connectivity index (χ1v) is 7.42. The molecule has 0 radical (unpaired) electrons. The van der Waals surface area contributed by atoms with E-state index >= 15 is 0 Å². The Morgan fingerprint density at radius 2 is 1.23 bits per heavy atom. The van der Waals surface area contributed by atoms with Crippen LogP contribution in [0.3, 0.4) is 0 Å². The molecule has 0 amide bonds. The predicted octanol–water partition coefficient (Wildman–Crippen LogP) is 3.56. The Labute approximate surface area is 128 Å². The third-order valence-electron chi connectivity index (χ3n) is 4.42. The predicted molar refractivity (Wildman–Crippen MR) is 83.4 cm³/mol. The first-order valence-electron chi connectivity index (χ1n) is 7.42. The molecular weight excluding hydrogens is 278 g/mol. The van der Waals surface area contributed by atoms with Gasteiger partial charge in [-0.1, -0.05) is 60.7 Å². The molecule has 1 saturated carbocycles. The van der Waals surface area contributed by atoms with Crippen LogP contribution in [0.15, 0.2) is 60.7 Å². The number of hydrogen-bond donors (Lipinski definition) is 0. The van der Waals surface area contributed by atoms with Gasteiger partial charge in [0.15, 0.2) is 0 Å². The van der Waals surface area contributed by atoms with Gasteiger partial charge in [-0.25, -0.2) is 0 Å². The fourth-order valence-corrected chi connectivity index (χ4v) is 3.42. The molecule has 0 heterocycles. The maximum atomic E-state index is 12.2. The molecule has 0 saturated heterocycles. The fourth-order valence-electron chi connectivity index (χ4n) is 3.42. The van der Waals surface area contributed by atoms with Crippen LogP contribution in [0.1, 0.15) is 35.8 Å². The van der Waals surface area contributed by atoms with Crippen LogP contribution in [0.2, 0.25) is 0 Å². The summed E-state index contributed by atoms with van der Waals surface area (Å²) in [7, 11) is 0. The second kappa shape index (κ2) is 6.10. The Kier molecular flexibility index (Phi) is 4.00. The van der Waals surface area contributed by atoms with E-state index < -0.39 is 6.04 Å². The summed E-state index contributed by atoms with van der Waals surface area (Å²) in [6, 6.07) is 18.0. The lowest BCUT2D eigenvalue weighted by Gasteiger charge is -2.32. The van der Waals surface area contributed by atoms with Gasteiger partial charge in [0.2, 0.25) is 6.04 Å². The number of nitro groups is 1. The maximum Gasteiger partial charge on any atom is 0.227 e. The van der Waals surface area contributed by atoms with E-state index in [0.29, 0.717) is 0 Å². The summed E-state index contributed by atoms with van der Waals surface area (Å²) >= 11 is 0. The molecule has 0 aliphatic heterocycles. The van der Waals surface area contributed by atoms with E-state index in [-0.39, 0.29) is 35.4 Å². The highest BCUT2D eigenvalue weighted by atomic mass is 16.6. The smallest absolute Gasteiger partial charge is 0.227 e. The number of carbonyl (C=O) groups is 1. The van der Waals surface area contributed by atoms with Crippen molar-refractivity contribution in [3.8, 4) is 0 Å². The molecule has 0 N–H and O–H groups in total. The van der Waals surface area contributed by atoms with Gasteiger partial charge in [0.1, 0.15) is 5.78 Å². The summed E-state index contributed by atoms with van der Waals surface area (Å²) in [6.07, 6.45) is 0.498. The molecule has 4 nitrogen and oxygen atoms in total. The van der Waals surface area contributed by atoms with Crippen LogP contribution in [0.4, 0.5) is 0 Å². The lowest BCUT2D eigenvalue weighted by atomic mass is 9.71. The lowest BCUT2D eigenvalue weighted by molar-refractivity contribution is -0.532. The zero-order chi connectivity index (χ0) is 15.5. The summed E-state index contributed by atoms with van der Waals surface area (Å²) < 4.78 is 0. The molecule has 2 aromatic rings. The minimum absolute atomic E-state index is 0.0980. The highest BCUT2D eigenvalue weighted by Gasteiger charge is 2.46. The van der Waals surface area contributed by atoms with Crippen molar-refractivity contribution in [1.82, 2.24) is 0 Å². The fraction of sp³-hybridized carbons (Fsp3) is 0.278. The molecule has 112 valence electrons. The van der Waals surface area contributed by atoms with Crippen molar-refractivity contribution < 1.29 is 9.72 Å². The van der Waals surface area contributed by atoms with E-state index in [1.807, 2.05) is 60.7 Å². The van der Waals surface area contributed by atoms with E-state index in [9.17, 15) is 14.9 Å². The second-order valence-corrected chi connectivity index (χ2v) is 5.76. The number of ketones is 1. The van der Waals surface area contributed by atoms with E-state index in [2.05, 4.69) is 0 Å². The molecule has 0 aromatic heterocycles. The highest BCUT2D eigenvalue weighted by Crippen LogP contribution is 2.41. The average Bonchev–Trinajstić information content (AvgIpc) is 2.55. The number of benzene rings is 2. The molecule has 0 spiro atoms. The minimum atomic E-state index is -0.762. The molecular formula is C18H17NO3. The van der Waals surface area contributed by atoms with Crippen molar-refractivity contribution in [2.75, 3.05) is 0 Å². The van der Waals surface area contributed by atoms with Crippen LogP contribution >= 0.6 is 0 Å². The van der Waals surface area contributed by atoms with Crippen molar-refractivity contribution in [3.63, 3.8) is 0 Å². The van der Waals surface area contributed by atoms with Crippen LogP contribution in [-0.2, 0) is 4.79 Å². The van der Waals surface area contributed by atoms with Crippen molar-refractivity contribution in [3.05, 3.63) is 81.9 Å². The molecule has 3 rings (SSSR count). The van der Waals surface area contributed by atoms with Gasteiger partial charge in [0.25, 0.3) is 0 Å². The van der Waals surface area contributed by atoms with Crippen molar-refractivity contribution in [1.29, 1.82) is 0 Å². The van der Waals surface area contributed by atoms with Crippen molar-refractivity contribution >= 4 is 5.78 Å². The van der Waals surface area contributed by atoms with Crippen LogP contribution in [0.25, 0.3) is 0 Å². The molecule has 22 heavy (non-hydrogen) atoms. The third-order valence-corrected chi connectivity index (χ3v) is 4.42. The molecule has 2 atom stereocenters. The molecule has 0 bridgehead atoms.